The van der Waals surface area contributed by atoms with Crippen molar-refractivity contribution in [3.8, 4) is 11.5 Å². The van der Waals surface area contributed by atoms with Crippen LogP contribution in [-0.2, 0) is 6.54 Å². The molecule has 1 saturated heterocycles. The molecule has 0 aliphatic carbocycles. The molecule has 0 unspecified atom stereocenters. The summed E-state index contributed by atoms with van der Waals surface area (Å²) in [6.07, 6.45) is 0. The van der Waals surface area contributed by atoms with Crippen molar-refractivity contribution < 1.29 is 13.9 Å². The molecule has 1 N–H and O–H groups in total. The average Bonchev–Trinajstić information content (AvgIpc) is 2.45. The predicted octanol–water partition coefficient (Wildman–Crippen LogP) is 1.76. The predicted molar refractivity (Wildman–Crippen MR) is 73.2 cm³/mol. The molecule has 0 aromatic heterocycles. The van der Waals surface area contributed by atoms with Crippen LogP contribution in [0, 0.1) is 5.82 Å². The maximum atomic E-state index is 14.3. The van der Waals surface area contributed by atoms with E-state index in [1.54, 1.807) is 6.07 Å². The second-order valence-electron chi connectivity index (χ2n) is 4.70. The molecule has 0 radical (unpaired) electrons. The Kier molecular flexibility index (Phi) is 3.91. The molecule has 3 rings (SSSR count). The first kappa shape index (κ1) is 13.1. The molecule has 0 amide bonds. The number of rotatable bonds is 2. The third kappa shape index (κ3) is 2.70. The zero-order valence-corrected chi connectivity index (χ0v) is 12.1. The Balaban J connectivity index is 1.91. The minimum atomic E-state index is -0.247. The van der Waals surface area contributed by atoms with Crippen molar-refractivity contribution in [3.05, 3.63) is 21.9 Å². The van der Waals surface area contributed by atoms with Crippen molar-refractivity contribution in [1.29, 1.82) is 0 Å². The standard InChI is InChI=1S/C13H16BrFN2O2/c14-10-7-11-13(19-6-5-18-11)9(12(10)15)8-17-3-1-16-2-4-17/h7,16H,1-6,8H2. The topological polar surface area (TPSA) is 33.7 Å². The first-order valence-electron chi connectivity index (χ1n) is 6.45. The summed E-state index contributed by atoms with van der Waals surface area (Å²) in [7, 11) is 0. The lowest BCUT2D eigenvalue weighted by molar-refractivity contribution is 0.163. The number of benzene rings is 1. The smallest absolute Gasteiger partial charge is 0.168 e. The van der Waals surface area contributed by atoms with Gasteiger partial charge in [-0.25, -0.2) is 4.39 Å². The van der Waals surface area contributed by atoms with Gasteiger partial charge in [0, 0.05) is 44.4 Å². The van der Waals surface area contributed by atoms with Gasteiger partial charge in [0.2, 0.25) is 0 Å². The summed E-state index contributed by atoms with van der Waals surface area (Å²) in [4.78, 5) is 2.22. The molecular formula is C13H16BrFN2O2. The van der Waals surface area contributed by atoms with Gasteiger partial charge in [0.25, 0.3) is 0 Å². The lowest BCUT2D eigenvalue weighted by atomic mass is 10.1. The molecule has 0 spiro atoms. The molecule has 1 aromatic rings. The monoisotopic (exact) mass is 330 g/mol. The zero-order valence-electron chi connectivity index (χ0n) is 10.5. The van der Waals surface area contributed by atoms with Crippen LogP contribution in [0.1, 0.15) is 5.56 Å². The second kappa shape index (κ2) is 5.64. The van der Waals surface area contributed by atoms with E-state index in [0.29, 0.717) is 41.3 Å². The number of halogens is 2. The van der Waals surface area contributed by atoms with Crippen LogP contribution < -0.4 is 14.8 Å². The Labute approximate surface area is 120 Å². The van der Waals surface area contributed by atoms with E-state index in [-0.39, 0.29) is 5.82 Å². The molecule has 0 bridgehead atoms. The summed E-state index contributed by atoms with van der Waals surface area (Å²) in [5.41, 5.74) is 0.589. The summed E-state index contributed by atoms with van der Waals surface area (Å²) >= 11 is 3.25. The Morgan fingerprint density at radius 1 is 1.26 bits per heavy atom. The lowest BCUT2D eigenvalue weighted by Crippen LogP contribution is -2.43. The van der Waals surface area contributed by atoms with Crippen LogP contribution >= 0.6 is 15.9 Å². The van der Waals surface area contributed by atoms with Gasteiger partial charge in [-0.1, -0.05) is 0 Å². The number of nitrogens with zero attached hydrogens (tertiary/aromatic N) is 1. The molecule has 2 aliphatic heterocycles. The summed E-state index contributed by atoms with van der Waals surface area (Å²) in [5.74, 6) is 0.943. The highest BCUT2D eigenvalue weighted by Crippen LogP contribution is 2.39. The summed E-state index contributed by atoms with van der Waals surface area (Å²) in [6, 6.07) is 1.64. The zero-order chi connectivity index (χ0) is 13.2. The van der Waals surface area contributed by atoms with Gasteiger partial charge in [-0.15, -0.1) is 0 Å². The van der Waals surface area contributed by atoms with E-state index in [0.717, 1.165) is 26.2 Å². The fourth-order valence-corrected chi connectivity index (χ4v) is 2.88. The fourth-order valence-electron chi connectivity index (χ4n) is 2.43. The van der Waals surface area contributed by atoms with E-state index in [1.807, 2.05) is 0 Å². The van der Waals surface area contributed by atoms with Crippen LogP contribution in [0.4, 0.5) is 4.39 Å². The van der Waals surface area contributed by atoms with E-state index in [9.17, 15) is 4.39 Å². The molecule has 104 valence electrons. The van der Waals surface area contributed by atoms with E-state index >= 15 is 0 Å². The van der Waals surface area contributed by atoms with Gasteiger partial charge in [0.15, 0.2) is 11.5 Å². The number of hydrogen-bond acceptors (Lipinski definition) is 4. The largest absolute Gasteiger partial charge is 0.486 e. The third-order valence-electron chi connectivity index (χ3n) is 3.41. The van der Waals surface area contributed by atoms with E-state index < -0.39 is 0 Å². The number of ether oxygens (including phenoxy) is 2. The molecule has 2 aliphatic rings. The molecule has 19 heavy (non-hydrogen) atoms. The number of hydrogen-bond donors (Lipinski definition) is 1. The highest BCUT2D eigenvalue weighted by molar-refractivity contribution is 9.10. The van der Waals surface area contributed by atoms with Crippen molar-refractivity contribution in [1.82, 2.24) is 10.2 Å². The van der Waals surface area contributed by atoms with E-state index in [2.05, 4.69) is 26.1 Å². The first-order valence-corrected chi connectivity index (χ1v) is 7.24. The van der Waals surface area contributed by atoms with Crippen LogP contribution in [0.5, 0.6) is 11.5 Å². The maximum Gasteiger partial charge on any atom is 0.168 e. The van der Waals surface area contributed by atoms with Crippen LogP contribution in [0.2, 0.25) is 0 Å². The maximum absolute atomic E-state index is 14.3. The van der Waals surface area contributed by atoms with Gasteiger partial charge in [-0.2, -0.15) is 0 Å². The Bertz CT molecular complexity index is 478. The van der Waals surface area contributed by atoms with Crippen molar-refractivity contribution in [2.75, 3.05) is 39.4 Å². The summed E-state index contributed by atoms with van der Waals surface area (Å²) in [6.45, 7) is 5.26. The Morgan fingerprint density at radius 2 is 2.00 bits per heavy atom. The van der Waals surface area contributed by atoms with Crippen LogP contribution in [0.3, 0.4) is 0 Å². The minimum Gasteiger partial charge on any atom is -0.486 e. The second-order valence-corrected chi connectivity index (χ2v) is 5.56. The molecule has 6 heteroatoms. The van der Waals surface area contributed by atoms with Gasteiger partial charge < -0.3 is 14.8 Å². The summed E-state index contributed by atoms with van der Waals surface area (Å²) < 4.78 is 25.9. The SMILES string of the molecule is Fc1c(Br)cc2c(c1CN1CCNCC1)OCCO2. The molecule has 0 saturated carbocycles. The summed E-state index contributed by atoms with van der Waals surface area (Å²) in [5, 5.41) is 3.29. The van der Waals surface area contributed by atoms with E-state index in [4.69, 9.17) is 9.47 Å². The van der Waals surface area contributed by atoms with Crippen LogP contribution in [0.25, 0.3) is 0 Å². The van der Waals surface area contributed by atoms with Gasteiger partial charge in [0.05, 0.1) is 4.47 Å². The molecular weight excluding hydrogens is 315 g/mol. The van der Waals surface area contributed by atoms with Crippen molar-refractivity contribution in [2.24, 2.45) is 0 Å². The minimum absolute atomic E-state index is 0.247. The molecule has 2 heterocycles. The van der Waals surface area contributed by atoms with Gasteiger partial charge in [-0.05, 0) is 15.9 Å². The van der Waals surface area contributed by atoms with Crippen LogP contribution in [0.15, 0.2) is 10.5 Å². The number of fused-ring (bicyclic) bond motifs is 1. The van der Waals surface area contributed by atoms with Gasteiger partial charge in [0.1, 0.15) is 19.0 Å². The molecule has 4 nitrogen and oxygen atoms in total. The third-order valence-corrected chi connectivity index (χ3v) is 3.99. The van der Waals surface area contributed by atoms with Gasteiger partial charge >= 0.3 is 0 Å². The first-order chi connectivity index (χ1) is 9.25. The fraction of sp³-hybridized carbons (Fsp3) is 0.538. The lowest BCUT2D eigenvalue weighted by Gasteiger charge is -2.29. The van der Waals surface area contributed by atoms with Crippen LogP contribution in [-0.4, -0.2) is 44.3 Å². The molecule has 0 atom stereocenters. The Morgan fingerprint density at radius 3 is 2.79 bits per heavy atom. The van der Waals surface area contributed by atoms with Crippen molar-refractivity contribution in [2.45, 2.75) is 6.54 Å². The molecule has 1 fully saturated rings. The quantitative estimate of drug-likeness (QED) is 0.896. The highest BCUT2D eigenvalue weighted by Gasteiger charge is 2.24. The van der Waals surface area contributed by atoms with Crippen molar-refractivity contribution in [3.63, 3.8) is 0 Å². The highest BCUT2D eigenvalue weighted by atomic mass is 79.9. The number of piperazine rings is 1. The van der Waals surface area contributed by atoms with E-state index in [1.165, 1.54) is 0 Å². The molecule has 1 aromatic carbocycles. The number of nitrogens with one attached hydrogen (secondary N) is 1. The van der Waals surface area contributed by atoms with Crippen molar-refractivity contribution >= 4 is 15.9 Å². The average molecular weight is 331 g/mol. The normalized spacial score (nSPS) is 19.5. The van der Waals surface area contributed by atoms with Gasteiger partial charge in [-0.3, -0.25) is 4.90 Å². The Hall–Kier alpha value is -0.850.